The summed E-state index contributed by atoms with van der Waals surface area (Å²) in [6.07, 6.45) is 5.37. The molecule has 0 rings (SSSR count). The molecule has 0 N–H and O–H groups in total. The summed E-state index contributed by atoms with van der Waals surface area (Å²) in [6, 6.07) is 0. The number of rotatable bonds is 2. The summed E-state index contributed by atoms with van der Waals surface area (Å²) in [5, 5.41) is 0. The Morgan fingerprint density at radius 3 is 1.36 bits per heavy atom. The molecule has 0 saturated carbocycles. The van der Waals surface area contributed by atoms with E-state index in [9.17, 15) is 0 Å². The molecule has 0 aromatic carbocycles. The van der Waals surface area contributed by atoms with Gasteiger partial charge >= 0.3 is 19.5 Å². The molecule has 0 aliphatic heterocycles. The first kappa shape index (κ1) is 29.2. The van der Waals surface area contributed by atoms with Gasteiger partial charge in [0.15, 0.2) is 0 Å². The number of allylic oxidation sites excluding steroid dienone is 2. The second-order valence-corrected chi connectivity index (χ2v) is 1.98. The zero-order valence-electron chi connectivity index (χ0n) is 8.67. The van der Waals surface area contributed by atoms with E-state index in [0.29, 0.717) is 0 Å². The molecule has 0 aromatic rings. The van der Waals surface area contributed by atoms with Crippen LogP contribution < -0.4 is 0 Å². The van der Waals surface area contributed by atoms with Gasteiger partial charge in [-0.3, -0.25) is 20.4 Å². The van der Waals surface area contributed by atoms with E-state index in [4.69, 9.17) is 14.4 Å². The average molecular weight is 285 g/mol. The largest absolute Gasteiger partial charge is 4.00 e. The van der Waals surface area contributed by atoms with Crippen LogP contribution in [0, 0.1) is 5.92 Å². The topological polar surface area (TPSA) is 51.2 Å². The number of hydrogen-bond acceptors (Lipinski definition) is 3. The molecule has 0 radical (unpaired) electrons. The van der Waals surface area contributed by atoms with Crippen molar-refractivity contribution < 1.29 is 33.9 Å². The number of hydrogen-bond donors (Lipinski definition) is 0. The van der Waals surface area contributed by atoms with Gasteiger partial charge in [-0.25, -0.2) is 0 Å². The minimum atomic E-state index is 0. The predicted octanol–water partition coefficient (Wildman–Crippen LogP) is 1.74. The van der Waals surface area contributed by atoms with Crippen molar-refractivity contribution in [2.75, 3.05) is 0 Å². The molecule has 0 heterocycles. The fraction of sp³-hybridized carbons (Fsp3) is 0.400. The van der Waals surface area contributed by atoms with Gasteiger partial charge in [0.05, 0.1) is 0 Å². The summed E-state index contributed by atoms with van der Waals surface area (Å²) in [6.45, 7) is 16.1. The van der Waals surface area contributed by atoms with E-state index in [-0.39, 0.29) is 19.5 Å². The first-order valence-corrected chi connectivity index (χ1v) is 3.38. The molecule has 3 nitrogen and oxygen atoms in total. The third-order valence-electron chi connectivity index (χ3n) is 0.762. The van der Waals surface area contributed by atoms with Crippen LogP contribution in [-0.2, 0) is 33.9 Å². The molecule has 0 aliphatic carbocycles. The maximum atomic E-state index is 7.75. The zero-order valence-corrected chi connectivity index (χ0v) is 10.4. The third-order valence-corrected chi connectivity index (χ3v) is 0.762. The van der Waals surface area contributed by atoms with Crippen LogP contribution in [0.25, 0.3) is 0 Å². The molecule has 82 valence electrons. The summed E-state index contributed by atoms with van der Waals surface area (Å²) < 4.78 is 0. The zero-order chi connectivity index (χ0) is 11.7. The Balaban J connectivity index is -0.0000000332. The minimum Gasteiger partial charge on any atom is -0.545 e. The maximum Gasteiger partial charge on any atom is 4.00 e. The summed E-state index contributed by atoms with van der Waals surface area (Å²) in [4.78, 5) is 23.2. The fourth-order valence-corrected chi connectivity index (χ4v) is 0.354. The van der Waals surface area contributed by atoms with E-state index >= 15 is 0 Å². The maximum absolute atomic E-state index is 7.75. The molecule has 0 amide bonds. The molecule has 0 saturated heterocycles. The van der Waals surface area contributed by atoms with E-state index in [1.807, 2.05) is 6.92 Å². The Morgan fingerprint density at radius 1 is 1.00 bits per heavy atom. The van der Waals surface area contributed by atoms with E-state index < -0.39 is 0 Å². The summed E-state index contributed by atoms with van der Waals surface area (Å²) in [5.41, 5.74) is 0. The molecular formula is C10H16O3Ru. The van der Waals surface area contributed by atoms with Crippen molar-refractivity contribution >= 4 is 20.4 Å². The van der Waals surface area contributed by atoms with Crippen LogP contribution >= 0.6 is 0 Å². The van der Waals surface area contributed by atoms with Crippen molar-refractivity contribution in [1.82, 2.24) is 0 Å². The van der Waals surface area contributed by atoms with Gasteiger partial charge in [0.25, 0.3) is 0 Å². The summed E-state index contributed by atoms with van der Waals surface area (Å²) in [7, 11) is 0. The standard InChI is InChI=1S/C7H13.3CHO.Ru/c1-4-5-6-7(2)3;3*1-2;/h4-5H,6H2,1-3H3;3*1H;/q4*-1;+4/b5-4+;;;;. The minimum absolute atomic E-state index is 0. The van der Waals surface area contributed by atoms with Gasteiger partial charge in [0.1, 0.15) is 0 Å². The van der Waals surface area contributed by atoms with Crippen molar-refractivity contribution in [1.29, 1.82) is 0 Å². The van der Waals surface area contributed by atoms with Crippen molar-refractivity contribution in [2.45, 2.75) is 27.2 Å². The SMILES string of the molecule is C/C=C/C[C-](C)C.[CH-]=O.[CH-]=O.[CH-]=O.[Ru+4]. The Labute approximate surface area is 99.7 Å². The van der Waals surface area contributed by atoms with Crippen molar-refractivity contribution in [3.63, 3.8) is 0 Å². The normalized spacial score (nSPS) is 6.57. The molecule has 14 heavy (non-hydrogen) atoms. The molecule has 0 aromatic heterocycles. The van der Waals surface area contributed by atoms with E-state index in [1.54, 1.807) is 0 Å². The van der Waals surface area contributed by atoms with Crippen molar-refractivity contribution in [2.24, 2.45) is 0 Å². The van der Waals surface area contributed by atoms with Crippen LogP contribution in [0.2, 0.25) is 0 Å². The molecule has 0 aliphatic rings. The molecule has 0 spiro atoms. The molecule has 4 heteroatoms. The Kier molecular flexibility index (Phi) is 116. The van der Waals surface area contributed by atoms with Gasteiger partial charge in [0, 0.05) is 0 Å². The molecule has 0 fully saturated rings. The first-order valence-electron chi connectivity index (χ1n) is 3.38. The third kappa shape index (κ3) is 108. The van der Waals surface area contributed by atoms with Gasteiger partial charge in [-0.15, -0.1) is 6.08 Å². The van der Waals surface area contributed by atoms with Crippen LogP contribution in [0.3, 0.4) is 0 Å². The molecule has 0 unspecified atom stereocenters. The van der Waals surface area contributed by atoms with E-state index in [0.717, 1.165) is 6.42 Å². The Morgan fingerprint density at radius 2 is 1.29 bits per heavy atom. The van der Waals surface area contributed by atoms with Crippen LogP contribution in [0.15, 0.2) is 12.2 Å². The van der Waals surface area contributed by atoms with Crippen LogP contribution in [0.5, 0.6) is 0 Å². The first-order chi connectivity index (χ1) is 6.27. The monoisotopic (exact) mass is 286 g/mol. The fourth-order valence-electron chi connectivity index (χ4n) is 0.354. The second-order valence-electron chi connectivity index (χ2n) is 1.98. The number of carbonyl (C=O) groups excluding carboxylic acids is 3. The Bertz CT molecular complexity index is 90.6. The van der Waals surface area contributed by atoms with Crippen LogP contribution in [0.4, 0.5) is 0 Å². The quantitative estimate of drug-likeness (QED) is 0.336. The molecule has 0 bridgehead atoms. The Hall–Kier alpha value is -0.627. The van der Waals surface area contributed by atoms with Gasteiger partial charge in [-0.2, -0.15) is 20.3 Å². The van der Waals surface area contributed by atoms with Crippen LogP contribution in [-0.4, -0.2) is 20.4 Å². The predicted molar refractivity (Wildman–Crippen MR) is 54.3 cm³/mol. The van der Waals surface area contributed by atoms with Gasteiger partial charge in [0.2, 0.25) is 0 Å². The summed E-state index contributed by atoms with van der Waals surface area (Å²) >= 11 is 0. The summed E-state index contributed by atoms with van der Waals surface area (Å²) in [5.74, 6) is 1.47. The van der Waals surface area contributed by atoms with Gasteiger partial charge < -0.3 is 20.3 Å². The average Bonchev–Trinajstić information content (AvgIpc) is 2.24. The molecular weight excluding hydrogens is 269 g/mol. The second kappa shape index (κ2) is 55.4. The van der Waals surface area contributed by atoms with E-state index in [2.05, 4.69) is 46.4 Å². The molecule has 0 atom stereocenters. The van der Waals surface area contributed by atoms with Crippen LogP contribution in [0.1, 0.15) is 27.2 Å². The smallest absolute Gasteiger partial charge is 0.545 e. The van der Waals surface area contributed by atoms with Crippen molar-refractivity contribution in [3.05, 3.63) is 18.1 Å². The van der Waals surface area contributed by atoms with E-state index in [1.165, 1.54) is 5.92 Å². The van der Waals surface area contributed by atoms with Gasteiger partial charge in [-0.1, -0.05) is 6.08 Å². The van der Waals surface area contributed by atoms with Crippen molar-refractivity contribution in [3.8, 4) is 0 Å². The van der Waals surface area contributed by atoms with Gasteiger partial charge in [-0.05, 0) is 6.92 Å².